The third-order valence-electron chi connectivity index (χ3n) is 3.25. The first-order chi connectivity index (χ1) is 10.6. The summed E-state index contributed by atoms with van der Waals surface area (Å²) >= 11 is 1.07. The maximum absolute atomic E-state index is 13.2. The van der Waals surface area contributed by atoms with Crippen LogP contribution in [0.5, 0.6) is 5.75 Å². The number of methoxy groups -OCH3 is 1. The highest BCUT2D eigenvalue weighted by molar-refractivity contribution is 8.04. The van der Waals surface area contributed by atoms with Crippen molar-refractivity contribution < 1.29 is 18.7 Å². The minimum absolute atomic E-state index is 0.257. The van der Waals surface area contributed by atoms with E-state index in [1.807, 2.05) is 0 Å². The quantitative estimate of drug-likeness (QED) is 0.862. The number of ether oxygens (including phenoxy) is 1. The number of carbonyl (C=O) groups excluding carboxylic acids is 2. The topological polar surface area (TPSA) is 43.4 Å². The number of allylic oxidation sites excluding steroid dienone is 2. The summed E-state index contributed by atoms with van der Waals surface area (Å²) in [4.78, 5) is 25.6. The summed E-state index contributed by atoms with van der Waals surface area (Å²) in [6.45, 7) is 0. The molecule has 0 N–H and O–H groups in total. The van der Waals surface area contributed by atoms with Crippen LogP contribution in [0, 0.1) is 5.82 Å². The van der Waals surface area contributed by atoms with Gasteiger partial charge in [-0.05, 0) is 24.3 Å². The van der Waals surface area contributed by atoms with Gasteiger partial charge in [0.1, 0.15) is 11.6 Å². The maximum atomic E-state index is 13.2. The normalized spacial score (nSPS) is 13.6. The van der Waals surface area contributed by atoms with E-state index in [1.54, 1.807) is 30.3 Å². The van der Waals surface area contributed by atoms with Crippen LogP contribution in [0.3, 0.4) is 0 Å². The van der Waals surface area contributed by atoms with Crippen molar-refractivity contribution in [1.29, 1.82) is 0 Å². The Kier molecular flexibility index (Phi) is 3.81. The monoisotopic (exact) mass is 314 g/mol. The number of hydrogen-bond donors (Lipinski definition) is 0. The largest absolute Gasteiger partial charge is 0.496 e. The minimum atomic E-state index is -0.391. The van der Waals surface area contributed by atoms with Gasteiger partial charge in [-0.3, -0.25) is 9.59 Å². The van der Waals surface area contributed by atoms with Crippen LogP contribution in [0.2, 0.25) is 0 Å². The highest BCUT2D eigenvalue weighted by Gasteiger charge is 2.29. The SMILES string of the molecule is COc1cccc2c1C(=O)C(Sc1cccc(F)c1)=CC2=O. The molecule has 110 valence electrons. The molecule has 0 atom stereocenters. The Morgan fingerprint density at radius 3 is 2.59 bits per heavy atom. The van der Waals surface area contributed by atoms with Gasteiger partial charge in [-0.15, -0.1) is 0 Å². The lowest BCUT2D eigenvalue weighted by molar-refractivity contribution is 0.0988. The number of hydrogen-bond acceptors (Lipinski definition) is 4. The van der Waals surface area contributed by atoms with Gasteiger partial charge < -0.3 is 4.74 Å². The van der Waals surface area contributed by atoms with Gasteiger partial charge in [-0.1, -0.05) is 30.0 Å². The Morgan fingerprint density at radius 1 is 1.09 bits per heavy atom. The van der Waals surface area contributed by atoms with Gasteiger partial charge in [0.15, 0.2) is 5.78 Å². The molecule has 0 radical (unpaired) electrons. The number of benzene rings is 2. The first-order valence-electron chi connectivity index (χ1n) is 6.51. The highest BCUT2D eigenvalue weighted by atomic mass is 32.2. The zero-order valence-electron chi connectivity index (χ0n) is 11.6. The predicted molar refractivity (Wildman–Crippen MR) is 82.0 cm³/mol. The van der Waals surface area contributed by atoms with E-state index in [0.29, 0.717) is 16.2 Å². The zero-order chi connectivity index (χ0) is 15.7. The molecule has 0 aromatic heterocycles. The highest BCUT2D eigenvalue weighted by Crippen LogP contribution is 2.36. The second-order valence-electron chi connectivity index (χ2n) is 4.64. The van der Waals surface area contributed by atoms with Crippen LogP contribution in [0.15, 0.2) is 58.3 Å². The standard InChI is InChI=1S/C17H11FO3S/c1-21-14-7-3-6-12-13(19)9-15(17(20)16(12)14)22-11-5-2-4-10(18)8-11/h2-9H,1H3. The van der Waals surface area contributed by atoms with Crippen LogP contribution >= 0.6 is 11.8 Å². The molecule has 2 aromatic rings. The molecule has 0 saturated carbocycles. The van der Waals surface area contributed by atoms with E-state index >= 15 is 0 Å². The van der Waals surface area contributed by atoms with E-state index < -0.39 is 5.82 Å². The third kappa shape index (κ3) is 2.55. The van der Waals surface area contributed by atoms with Gasteiger partial charge >= 0.3 is 0 Å². The molecule has 0 spiro atoms. The lowest BCUT2D eigenvalue weighted by Crippen LogP contribution is -2.16. The van der Waals surface area contributed by atoms with Crippen LogP contribution in [0.25, 0.3) is 0 Å². The molecule has 0 amide bonds. The summed E-state index contributed by atoms with van der Waals surface area (Å²) in [6, 6.07) is 10.8. The lowest BCUT2D eigenvalue weighted by atomic mass is 9.94. The number of carbonyl (C=O) groups is 2. The van der Waals surface area contributed by atoms with Crippen LogP contribution in [0.1, 0.15) is 20.7 Å². The van der Waals surface area contributed by atoms with Crippen molar-refractivity contribution in [2.24, 2.45) is 0 Å². The average molecular weight is 314 g/mol. The Bertz CT molecular complexity index is 811. The van der Waals surface area contributed by atoms with Crippen molar-refractivity contribution in [3.8, 4) is 5.75 Å². The number of rotatable bonds is 3. The van der Waals surface area contributed by atoms with Gasteiger partial charge in [0.05, 0.1) is 17.6 Å². The smallest absolute Gasteiger partial charge is 0.204 e. The molecule has 1 aliphatic rings. The Hall–Kier alpha value is -2.40. The molecule has 3 rings (SSSR count). The number of thioether (sulfide) groups is 1. The van der Waals surface area contributed by atoms with E-state index in [0.717, 1.165) is 11.8 Å². The Balaban J connectivity index is 2.01. The number of halogens is 1. The van der Waals surface area contributed by atoms with Gasteiger partial charge in [-0.25, -0.2) is 4.39 Å². The van der Waals surface area contributed by atoms with E-state index in [1.165, 1.54) is 25.3 Å². The molecule has 0 aliphatic heterocycles. The zero-order valence-corrected chi connectivity index (χ0v) is 12.4. The molecule has 0 saturated heterocycles. The van der Waals surface area contributed by atoms with Gasteiger partial charge in [0.2, 0.25) is 5.78 Å². The van der Waals surface area contributed by atoms with Crippen molar-refractivity contribution in [3.63, 3.8) is 0 Å². The van der Waals surface area contributed by atoms with Crippen molar-refractivity contribution in [2.75, 3.05) is 7.11 Å². The molecule has 1 aliphatic carbocycles. The fourth-order valence-corrected chi connectivity index (χ4v) is 3.19. The first kappa shape index (κ1) is 14.5. The predicted octanol–water partition coefficient (Wildman–Crippen LogP) is 3.89. The van der Waals surface area contributed by atoms with E-state index in [-0.39, 0.29) is 22.0 Å². The molecule has 5 heteroatoms. The number of ketones is 2. The molecular formula is C17H11FO3S. The van der Waals surface area contributed by atoms with Gasteiger partial charge in [-0.2, -0.15) is 0 Å². The third-order valence-corrected chi connectivity index (χ3v) is 4.26. The average Bonchev–Trinajstić information content (AvgIpc) is 2.51. The molecule has 0 heterocycles. The minimum Gasteiger partial charge on any atom is -0.496 e. The summed E-state index contributed by atoms with van der Waals surface area (Å²) in [5.74, 6) is -0.576. The fourth-order valence-electron chi connectivity index (χ4n) is 2.26. The fraction of sp³-hybridized carbons (Fsp3) is 0.0588. The van der Waals surface area contributed by atoms with E-state index in [9.17, 15) is 14.0 Å². The van der Waals surface area contributed by atoms with Crippen LogP contribution < -0.4 is 4.74 Å². The second-order valence-corrected chi connectivity index (χ2v) is 5.76. The molecular weight excluding hydrogens is 303 g/mol. The molecule has 3 nitrogen and oxygen atoms in total. The molecule has 22 heavy (non-hydrogen) atoms. The maximum Gasteiger partial charge on any atom is 0.204 e. The molecule has 0 fully saturated rings. The number of Topliss-reactive ketones (excluding diaryl/α,β-unsaturated/α-hetero) is 1. The van der Waals surface area contributed by atoms with Crippen molar-refractivity contribution in [3.05, 3.63) is 70.4 Å². The van der Waals surface area contributed by atoms with Crippen molar-refractivity contribution in [1.82, 2.24) is 0 Å². The summed E-state index contributed by atoms with van der Waals surface area (Å²) in [5, 5.41) is 0. The summed E-state index contributed by atoms with van der Waals surface area (Å²) < 4.78 is 18.4. The lowest BCUT2D eigenvalue weighted by Gasteiger charge is -2.17. The van der Waals surface area contributed by atoms with Crippen molar-refractivity contribution in [2.45, 2.75) is 4.90 Å². The Labute approximate surface area is 130 Å². The van der Waals surface area contributed by atoms with Crippen LogP contribution in [0.4, 0.5) is 4.39 Å². The second kappa shape index (κ2) is 5.77. The van der Waals surface area contributed by atoms with Crippen LogP contribution in [-0.4, -0.2) is 18.7 Å². The van der Waals surface area contributed by atoms with Crippen molar-refractivity contribution >= 4 is 23.3 Å². The number of fused-ring (bicyclic) bond motifs is 1. The summed E-state index contributed by atoms with van der Waals surface area (Å²) in [7, 11) is 1.45. The molecule has 2 aromatic carbocycles. The Morgan fingerprint density at radius 2 is 1.86 bits per heavy atom. The van der Waals surface area contributed by atoms with E-state index in [4.69, 9.17) is 4.74 Å². The van der Waals surface area contributed by atoms with Gasteiger partial charge in [0.25, 0.3) is 0 Å². The molecule has 0 bridgehead atoms. The van der Waals surface area contributed by atoms with E-state index in [2.05, 4.69) is 0 Å². The van der Waals surface area contributed by atoms with Gasteiger partial charge in [0, 0.05) is 16.5 Å². The summed E-state index contributed by atoms with van der Waals surface area (Å²) in [5.41, 5.74) is 0.587. The summed E-state index contributed by atoms with van der Waals surface area (Å²) in [6.07, 6.45) is 1.29. The first-order valence-corrected chi connectivity index (χ1v) is 7.33. The van der Waals surface area contributed by atoms with Crippen LogP contribution in [-0.2, 0) is 0 Å². The molecule has 0 unspecified atom stereocenters.